The predicted octanol–water partition coefficient (Wildman–Crippen LogP) is 4.88. The number of carbonyl (C=O) groups is 2. The molecule has 2 atom stereocenters. The summed E-state index contributed by atoms with van der Waals surface area (Å²) in [5.74, 6) is -1.56. The fourth-order valence-corrected chi connectivity index (χ4v) is 4.27. The number of amidine groups is 1. The Morgan fingerprint density at radius 1 is 0.949 bits per heavy atom. The lowest BCUT2D eigenvalue weighted by molar-refractivity contribution is -0.145. The number of nitrogen functional groups attached to an aromatic ring is 1. The number of ether oxygens (including phenoxy) is 1. The zero-order chi connectivity index (χ0) is 27.6. The van der Waals surface area contributed by atoms with Crippen molar-refractivity contribution in [1.29, 1.82) is 5.41 Å². The summed E-state index contributed by atoms with van der Waals surface area (Å²) in [7, 11) is 1.33. The molecule has 0 saturated heterocycles. The maximum absolute atomic E-state index is 13.4. The molecule has 4 aromatic rings. The van der Waals surface area contributed by atoms with Crippen molar-refractivity contribution in [3.05, 3.63) is 132 Å². The van der Waals surface area contributed by atoms with E-state index in [1.165, 1.54) is 7.11 Å². The summed E-state index contributed by atoms with van der Waals surface area (Å²) < 4.78 is 5.15. The molecule has 196 valence electrons. The number of hydrogen-bond acceptors (Lipinski definition) is 5. The van der Waals surface area contributed by atoms with Crippen LogP contribution in [0.4, 0.5) is 0 Å². The highest BCUT2D eigenvalue weighted by Crippen LogP contribution is 2.21. The van der Waals surface area contributed by atoms with Crippen LogP contribution in [0.3, 0.4) is 0 Å². The molecule has 0 radical (unpaired) electrons. The average molecular weight is 519 g/mol. The molecule has 7 nitrogen and oxygen atoms in total. The number of aromatic nitrogens is 1. The summed E-state index contributed by atoms with van der Waals surface area (Å²) in [6.07, 6.45) is 7.44. The number of methoxy groups -OCH3 is 1. The van der Waals surface area contributed by atoms with Crippen LogP contribution >= 0.6 is 0 Å². The highest BCUT2D eigenvalue weighted by atomic mass is 16.5. The van der Waals surface area contributed by atoms with Gasteiger partial charge in [-0.05, 0) is 52.9 Å². The summed E-state index contributed by atoms with van der Waals surface area (Å²) in [4.78, 5) is 30.5. The normalized spacial score (nSPS) is 12.4. The number of hydrogen-bond donors (Lipinski definition) is 3. The van der Waals surface area contributed by atoms with Gasteiger partial charge in [0.15, 0.2) is 0 Å². The maximum atomic E-state index is 13.4. The monoisotopic (exact) mass is 518 g/mol. The lowest BCUT2D eigenvalue weighted by Gasteiger charge is -2.24. The molecule has 0 aliphatic rings. The van der Waals surface area contributed by atoms with Gasteiger partial charge < -0.3 is 15.8 Å². The molecular weight excluding hydrogens is 488 g/mol. The van der Waals surface area contributed by atoms with Crippen molar-refractivity contribution in [3.8, 4) is 11.1 Å². The van der Waals surface area contributed by atoms with Gasteiger partial charge in [0.1, 0.15) is 5.84 Å². The molecule has 0 aliphatic carbocycles. The van der Waals surface area contributed by atoms with Crippen LogP contribution in [0.25, 0.3) is 17.2 Å². The Labute approximate surface area is 227 Å². The fraction of sp³-hybridized carbons (Fsp3) is 0.125. The second kappa shape index (κ2) is 13.0. The van der Waals surface area contributed by atoms with Gasteiger partial charge >= 0.3 is 5.97 Å². The Hall–Kier alpha value is -5.04. The molecule has 1 amide bonds. The number of rotatable bonds is 10. The van der Waals surface area contributed by atoms with Gasteiger partial charge in [0.2, 0.25) is 0 Å². The molecule has 4 rings (SSSR count). The zero-order valence-corrected chi connectivity index (χ0v) is 21.6. The van der Waals surface area contributed by atoms with Gasteiger partial charge in [0.05, 0.1) is 19.1 Å². The molecule has 3 aromatic carbocycles. The van der Waals surface area contributed by atoms with E-state index >= 15 is 0 Å². The minimum atomic E-state index is -0.726. The van der Waals surface area contributed by atoms with E-state index in [1.807, 2.05) is 72.8 Å². The summed E-state index contributed by atoms with van der Waals surface area (Å²) in [5, 5.41) is 10.8. The maximum Gasteiger partial charge on any atom is 0.311 e. The Kier molecular flexibility index (Phi) is 8.98. The molecule has 0 bridgehead atoms. The molecule has 2 unspecified atom stereocenters. The van der Waals surface area contributed by atoms with E-state index in [4.69, 9.17) is 15.9 Å². The van der Waals surface area contributed by atoms with Crippen molar-refractivity contribution in [1.82, 2.24) is 10.3 Å². The number of carbonyl (C=O) groups excluding carboxylic acids is 2. The van der Waals surface area contributed by atoms with Crippen molar-refractivity contribution in [2.75, 3.05) is 7.11 Å². The van der Waals surface area contributed by atoms with Crippen LogP contribution in [0.2, 0.25) is 0 Å². The predicted molar refractivity (Wildman–Crippen MR) is 153 cm³/mol. The first-order valence-electron chi connectivity index (χ1n) is 12.5. The number of amides is 1. The second-order valence-electron chi connectivity index (χ2n) is 9.04. The molecule has 39 heavy (non-hydrogen) atoms. The van der Waals surface area contributed by atoms with E-state index in [2.05, 4.69) is 10.3 Å². The van der Waals surface area contributed by atoms with Gasteiger partial charge in [0.25, 0.3) is 5.91 Å². The van der Waals surface area contributed by atoms with Crippen LogP contribution in [0.1, 0.15) is 27.0 Å². The Morgan fingerprint density at radius 3 is 2.38 bits per heavy atom. The third kappa shape index (κ3) is 7.26. The van der Waals surface area contributed by atoms with Gasteiger partial charge in [-0.3, -0.25) is 20.0 Å². The third-order valence-corrected chi connectivity index (χ3v) is 6.37. The highest BCUT2D eigenvalue weighted by Gasteiger charge is 2.29. The number of nitrogens with zero attached hydrogens (tertiary/aromatic N) is 1. The van der Waals surface area contributed by atoms with Crippen LogP contribution in [-0.4, -0.2) is 35.8 Å². The van der Waals surface area contributed by atoms with Crippen LogP contribution < -0.4 is 11.1 Å². The smallest absolute Gasteiger partial charge is 0.311 e. The molecular formula is C32H30N4O3. The lowest BCUT2D eigenvalue weighted by atomic mass is 9.90. The van der Waals surface area contributed by atoms with Gasteiger partial charge in [-0.1, -0.05) is 78.9 Å². The van der Waals surface area contributed by atoms with Crippen LogP contribution in [0, 0.1) is 11.3 Å². The van der Waals surface area contributed by atoms with Crippen LogP contribution in [0.15, 0.2) is 109 Å². The fourth-order valence-electron chi connectivity index (χ4n) is 4.27. The summed E-state index contributed by atoms with van der Waals surface area (Å²) in [5.41, 5.74) is 10.3. The average Bonchev–Trinajstić information content (AvgIpc) is 2.99. The molecule has 0 saturated carbocycles. The van der Waals surface area contributed by atoms with Crippen LogP contribution in [-0.2, 0) is 16.0 Å². The first-order valence-corrected chi connectivity index (χ1v) is 12.5. The van der Waals surface area contributed by atoms with Gasteiger partial charge in [0, 0.05) is 23.5 Å². The molecule has 0 fully saturated rings. The summed E-state index contributed by atoms with van der Waals surface area (Å²) in [6.45, 7) is 0. The molecule has 4 N–H and O–H groups in total. The Balaban J connectivity index is 1.63. The van der Waals surface area contributed by atoms with Crippen LogP contribution in [0.5, 0.6) is 0 Å². The quantitative estimate of drug-likeness (QED) is 0.157. The molecule has 1 heterocycles. The highest BCUT2D eigenvalue weighted by molar-refractivity contribution is 5.96. The number of esters is 1. The minimum Gasteiger partial charge on any atom is -0.469 e. The van der Waals surface area contributed by atoms with E-state index in [9.17, 15) is 9.59 Å². The SMILES string of the molecule is COC(=O)C(Cc1cccc(C(=N)N)c1)C(/C=C/c1ccccc1)NC(=O)c1ccc(-c2cccnc2)cc1. The second-order valence-corrected chi connectivity index (χ2v) is 9.04. The summed E-state index contributed by atoms with van der Waals surface area (Å²) in [6, 6.07) is 27.2. The van der Waals surface area contributed by atoms with E-state index in [1.54, 1.807) is 42.7 Å². The van der Waals surface area contributed by atoms with Crippen molar-refractivity contribution in [2.24, 2.45) is 11.7 Å². The molecule has 0 aliphatic heterocycles. The Bertz CT molecular complexity index is 1450. The number of nitrogens with one attached hydrogen (secondary N) is 2. The van der Waals surface area contributed by atoms with E-state index < -0.39 is 17.9 Å². The zero-order valence-electron chi connectivity index (χ0n) is 21.6. The largest absolute Gasteiger partial charge is 0.469 e. The first-order chi connectivity index (χ1) is 18.9. The molecule has 1 aromatic heterocycles. The van der Waals surface area contributed by atoms with Crippen molar-refractivity contribution < 1.29 is 14.3 Å². The van der Waals surface area contributed by atoms with Crippen molar-refractivity contribution in [2.45, 2.75) is 12.5 Å². The molecule has 7 heteroatoms. The van der Waals surface area contributed by atoms with E-state index in [-0.39, 0.29) is 18.2 Å². The van der Waals surface area contributed by atoms with E-state index in [0.29, 0.717) is 11.1 Å². The standard InChI is InChI=1S/C32H30N4O3/c1-39-32(38)28(20-23-9-5-10-26(19-23)30(33)34)29(17-12-22-7-3-2-4-8-22)36-31(37)25-15-13-24(14-16-25)27-11-6-18-35-21-27/h2-19,21,28-29H,20H2,1H3,(H3,33,34)(H,36,37)/b17-12+. The molecule has 0 spiro atoms. The van der Waals surface area contributed by atoms with Gasteiger partial charge in [-0.25, -0.2) is 0 Å². The Morgan fingerprint density at radius 2 is 1.72 bits per heavy atom. The summed E-state index contributed by atoms with van der Waals surface area (Å²) >= 11 is 0. The number of pyridine rings is 1. The van der Waals surface area contributed by atoms with E-state index in [0.717, 1.165) is 22.3 Å². The van der Waals surface area contributed by atoms with Crippen molar-refractivity contribution >= 4 is 23.8 Å². The minimum absolute atomic E-state index is 0.0602. The van der Waals surface area contributed by atoms with Crippen molar-refractivity contribution in [3.63, 3.8) is 0 Å². The number of benzene rings is 3. The number of nitrogens with two attached hydrogens (primary N) is 1. The van der Waals surface area contributed by atoms with Gasteiger partial charge in [-0.2, -0.15) is 0 Å². The topological polar surface area (TPSA) is 118 Å². The third-order valence-electron chi connectivity index (χ3n) is 6.37. The van der Waals surface area contributed by atoms with Gasteiger partial charge in [-0.15, -0.1) is 0 Å². The lowest BCUT2D eigenvalue weighted by Crippen LogP contribution is -2.43. The first kappa shape index (κ1) is 27.0.